The number of rotatable bonds is 6. The summed E-state index contributed by atoms with van der Waals surface area (Å²) in [5.74, 6) is -2.00. The highest BCUT2D eigenvalue weighted by Crippen LogP contribution is 2.36. The van der Waals surface area contributed by atoms with Crippen LogP contribution in [0.1, 0.15) is 30.4 Å². The Kier molecular flexibility index (Phi) is 7.51. The molecular weight excluding hydrogens is 529 g/mol. The Morgan fingerprint density at radius 1 is 1.05 bits per heavy atom. The summed E-state index contributed by atoms with van der Waals surface area (Å²) < 4.78 is 47.0. The molecule has 0 saturated carbocycles. The fraction of sp³-hybridized carbons (Fsp3) is 0.333. The summed E-state index contributed by atoms with van der Waals surface area (Å²) in [5.41, 5.74) is 2.10. The first kappa shape index (κ1) is 26.3. The van der Waals surface area contributed by atoms with Crippen LogP contribution in [0.15, 0.2) is 64.2 Å². The lowest BCUT2D eigenvalue weighted by Gasteiger charge is -2.37. The zero-order valence-corrected chi connectivity index (χ0v) is 22.2. The number of nitrogens with one attached hydrogen (secondary N) is 2. The van der Waals surface area contributed by atoms with Gasteiger partial charge in [-0.15, -0.1) is 11.3 Å². The van der Waals surface area contributed by atoms with Gasteiger partial charge in [-0.25, -0.2) is 12.8 Å². The maximum Gasteiger partial charge on any atom is 0.313 e. The molecule has 0 radical (unpaired) electrons. The Morgan fingerprint density at radius 2 is 1.82 bits per heavy atom. The minimum atomic E-state index is -3.72. The molecule has 2 N–H and O–H groups in total. The van der Waals surface area contributed by atoms with Gasteiger partial charge in [0.25, 0.3) is 10.0 Å². The Labute approximate surface area is 224 Å². The molecule has 1 fully saturated rings. The highest BCUT2D eigenvalue weighted by atomic mass is 32.2. The Morgan fingerprint density at radius 3 is 2.53 bits per heavy atom. The van der Waals surface area contributed by atoms with Crippen LogP contribution in [0.5, 0.6) is 0 Å². The molecule has 200 valence electrons. The van der Waals surface area contributed by atoms with E-state index in [4.69, 9.17) is 4.74 Å². The molecule has 0 spiro atoms. The van der Waals surface area contributed by atoms with Crippen molar-refractivity contribution in [2.75, 3.05) is 35.9 Å². The third-order valence-corrected chi connectivity index (χ3v) is 10.3. The summed E-state index contributed by atoms with van der Waals surface area (Å²) in [5, 5.41) is 7.05. The summed E-state index contributed by atoms with van der Waals surface area (Å²) >= 11 is 1.15. The molecule has 3 heterocycles. The molecule has 0 atom stereocenters. The number of sulfonamides is 1. The number of carbonyl (C=O) groups is 2. The molecule has 2 amide bonds. The first-order valence-electron chi connectivity index (χ1n) is 12.4. The summed E-state index contributed by atoms with van der Waals surface area (Å²) in [6, 6.07) is 14.5. The molecule has 5 rings (SSSR count). The van der Waals surface area contributed by atoms with E-state index in [0.717, 1.165) is 28.9 Å². The molecule has 0 unspecified atom stereocenters. The standard InChI is InChI=1S/C27H28FN3O5S2/c28-21-8-6-20(7-9-21)27(11-14-36-15-12-27)18-29-25(32)26(33)30-22-10-5-19-3-1-13-31(23(19)17-22)38(34,35)24-4-2-16-37-24/h2,4-10,16-17H,1,3,11-15,18H2,(H,29,32)(H,30,33). The largest absolute Gasteiger partial charge is 0.381 e. The van der Waals surface area contributed by atoms with E-state index in [1.807, 2.05) is 0 Å². The van der Waals surface area contributed by atoms with E-state index in [1.165, 1.54) is 16.4 Å². The van der Waals surface area contributed by atoms with Crippen molar-refractivity contribution in [1.29, 1.82) is 0 Å². The zero-order valence-electron chi connectivity index (χ0n) is 20.6. The maximum atomic E-state index is 13.5. The van der Waals surface area contributed by atoms with Crippen molar-refractivity contribution < 1.29 is 27.1 Å². The van der Waals surface area contributed by atoms with Gasteiger partial charge in [-0.05, 0) is 72.5 Å². The Bertz CT molecular complexity index is 1420. The first-order valence-corrected chi connectivity index (χ1v) is 14.7. The third kappa shape index (κ3) is 5.31. The maximum absolute atomic E-state index is 13.5. The van der Waals surface area contributed by atoms with Crippen LogP contribution in [0.2, 0.25) is 0 Å². The van der Waals surface area contributed by atoms with E-state index in [-0.39, 0.29) is 16.6 Å². The molecule has 38 heavy (non-hydrogen) atoms. The smallest absolute Gasteiger partial charge is 0.313 e. The van der Waals surface area contributed by atoms with Gasteiger partial charge in [-0.1, -0.05) is 24.3 Å². The second kappa shape index (κ2) is 10.8. The van der Waals surface area contributed by atoms with Crippen LogP contribution in [-0.4, -0.2) is 46.5 Å². The lowest BCUT2D eigenvalue weighted by Crippen LogP contribution is -2.47. The van der Waals surface area contributed by atoms with Crippen LogP contribution in [0.25, 0.3) is 0 Å². The molecule has 2 aliphatic heterocycles. The Hall–Kier alpha value is -3.28. The molecular formula is C27H28FN3O5S2. The second-order valence-electron chi connectivity index (χ2n) is 9.49. The van der Waals surface area contributed by atoms with Gasteiger partial charge >= 0.3 is 11.8 Å². The first-order chi connectivity index (χ1) is 18.3. The summed E-state index contributed by atoms with van der Waals surface area (Å²) in [7, 11) is -3.72. The van der Waals surface area contributed by atoms with Crippen molar-refractivity contribution in [2.45, 2.75) is 35.3 Å². The van der Waals surface area contributed by atoms with E-state index in [9.17, 15) is 22.4 Å². The van der Waals surface area contributed by atoms with Crippen molar-refractivity contribution in [1.82, 2.24) is 5.32 Å². The summed E-state index contributed by atoms with van der Waals surface area (Å²) in [6.07, 6.45) is 2.65. The number of halogens is 1. The van der Waals surface area contributed by atoms with Crippen LogP contribution >= 0.6 is 11.3 Å². The molecule has 0 bridgehead atoms. The van der Waals surface area contributed by atoms with Gasteiger partial charge in [0.05, 0.1) is 5.69 Å². The van der Waals surface area contributed by atoms with Gasteiger partial charge in [0, 0.05) is 37.4 Å². The lowest BCUT2D eigenvalue weighted by molar-refractivity contribution is -0.136. The number of benzene rings is 2. The monoisotopic (exact) mass is 557 g/mol. The number of ether oxygens (including phenoxy) is 1. The number of thiophene rings is 1. The topological polar surface area (TPSA) is 105 Å². The molecule has 1 saturated heterocycles. The number of carbonyl (C=O) groups excluding carboxylic acids is 2. The van der Waals surface area contributed by atoms with Crippen LogP contribution < -0.4 is 14.9 Å². The second-order valence-corrected chi connectivity index (χ2v) is 12.5. The molecule has 0 aliphatic carbocycles. The lowest BCUT2D eigenvalue weighted by atomic mass is 9.74. The molecule has 8 nitrogen and oxygen atoms in total. The van der Waals surface area contributed by atoms with Gasteiger partial charge in [0.15, 0.2) is 0 Å². The number of amides is 2. The van der Waals surface area contributed by atoms with E-state index in [2.05, 4.69) is 10.6 Å². The van der Waals surface area contributed by atoms with Crippen molar-refractivity contribution in [3.63, 3.8) is 0 Å². The normalized spacial score (nSPS) is 16.9. The van der Waals surface area contributed by atoms with E-state index < -0.39 is 27.3 Å². The predicted molar refractivity (Wildman–Crippen MR) is 143 cm³/mol. The molecule has 2 aliphatic rings. The highest BCUT2D eigenvalue weighted by Gasteiger charge is 2.36. The van der Waals surface area contributed by atoms with Gasteiger partial charge in [0.2, 0.25) is 0 Å². The Balaban J connectivity index is 1.29. The minimum Gasteiger partial charge on any atom is -0.381 e. The van der Waals surface area contributed by atoms with Gasteiger partial charge in [-0.2, -0.15) is 0 Å². The SMILES string of the molecule is O=C(NCC1(c2ccc(F)cc2)CCOCC1)C(=O)Nc1ccc2c(c1)N(S(=O)(=O)c1cccs1)CCC2. The van der Waals surface area contributed by atoms with Crippen LogP contribution in [-0.2, 0) is 36.2 Å². The van der Waals surface area contributed by atoms with Crippen molar-refractivity contribution >= 4 is 44.5 Å². The van der Waals surface area contributed by atoms with Crippen molar-refractivity contribution in [3.8, 4) is 0 Å². The fourth-order valence-corrected chi connectivity index (χ4v) is 7.68. The predicted octanol–water partition coefficient (Wildman–Crippen LogP) is 3.83. The van der Waals surface area contributed by atoms with E-state index in [0.29, 0.717) is 50.4 Å². The van der Waals surface area contributed by atoms with Crippen LogP contribution in [0.3, 0.4) is 0 Å². The number of hydrogen-bond acceptors (Lipinski definition) is 6. The van der Waals surface area contributed by atoms with E-state index in [1.54, 1.807) is 47.8 Å². The summed E-state index contributed by atoms with van der Waals surface area (Å²) in [4.78, 5) is 25.5. The molecule has 1 aromatic heterocycles. The molecule has 3 aromatic rings. The van der Waals surface area contributed by atoms with Crippen molar-refractivity contribution in [2.24, 2.45) is 0 Å². The zero-order chi connectivity index (χ0) is 26.8. The van der Waals surface area contributed by atoms with Crippen LogP contribution in [0, 0.1) is 5.82 Å². The molecule has 2 aromatic carbocycles. The van der Waals surface area contributed by atoms with Gasteiger partial charge < -0.3 is 15.4 Å². The third-order valence-electron chi connectivity index (χ3n) is 7.16. The average Bonchev–Trinajstić information content (AvgIpc) is 3.48. The number of aryl methyl sites for hydroxylation is 1. The highest BCUT2D eigenvalue weighted by molar-refractivity contribution is 7.94. The number of anilines is 2. The minimum absolute atomic E-state index is 0.200. The number of hydrogen-bond donors (Lipinski definition) is 2. The van der Waals surface area contributed by atoms with Crippen LogP contribution in [0.4, 0.5) is 15.8 Å². The quantitative estimate of drug-likeness (QED) is 0.449. The van der Waals surface area contributed by atoms with Gasteiger partial charge in [0.1, 0.15) is 10.0 Å². The summed E-state index contributed by atoms with van der Waals surface area (Å²) in [6.45, 7) is 1.53. The number of nitrogens with zero attached hydrogens (tertiary/aromatic N) is 1. The van der Waals surface area contributed by atoms with Gasteiger partial charge in [-0.3, -0.25) is 13.9 Å². The number of fused-ring (bicyclic) bond motifs is 1. The fourth-order valence-electron chi connectivity index (χ4n) is 5.04. The average molecular weight is 558 g/mol. The van der Waals surface area contributed by atoms with E-state index >= 15 is 0 Å². The molecule has 11 heteroatoms. The van der Waals surface area contributed by atoms with Crippen molar-refractivity contribution in [3.05, 3.63) is 76.9 Å².